The number of sulfonamides is 1. The van der Waals surface area contributed by atoms with Gasteiger partial charge in [-0.25, -0.2) is 12.8 Å². The van der Waals surface area contributed by atoms with Crippen LogP contribution in [0.15, 0.2) is 48.5 Å². The zero-order valence-corrected chi connectivity index (χ0v) is 20.5. The molecule has 0 radical (unpaired) electrons. The molecule has 2 atom stereocenters. The summed E-state index contributed by atoms with van der Waals surface area (Å²) in [4.78, 5) is 27.4. The normalized spacial score (nSPS) is 13.2. The second-order valence-corrected chi connectivity index (χ2v) is 10.1. The summed E-state index contributed by atoms with van der Waals surface area (Å²) in [5, 5.41) is 2.83. The Balaban J connectivity index is 2.39. The number of carbonyl (C=O) groups is 2. The van der Waals surface area contributed by atoms with Crippen molar-refractivity contribution in [3.05, 3.63) is 65.5 Å². The maximum absolute atomic E-state index is 14.4. The molecule has 7 nitrogen and oxygen atoms in total. The summed E-state index contributed by atoms with van der Waals surface area (Å²) < 4.78 is 40.3. The molecule has 0 aliphatic rings. The van der Waals surface area contributed by atoms with Crippen LogP contribution in [-0.2, 0) is 26.2 Å². The molecule has 9 heteroatoms. The lowest BCUT2D eigenvalue weighted by Gasteiger charge is -2.32. The van der Waals surface area contributed by atoms with E-state index in [0.717, 1.165) is 16.1 Å². The SMILES string of the molecule is CC[C@@H](C)NC(=O)[C@H](C)N(Cc1ccccc1F)C(=O)CN(c1ccc(C)cc1)S(C)(=O)=O. The number of amides is 2. The van der Waals surface area contributed by atoms with E-state index >= 15 is 0 Å². The summed E-state index contributed by atoms with van der Waals surface area (Å²) in [5.41, 5.74) is 1.50. The predicted octanol–water partition coefficient (Wildman–Crippen LogP) is 3.23. The van der Waals surface area contributed by atoms with Gasteiger partial charge in [0.25, 0.3) is 0 Å². The van der Waals surface area contributed by atoms with Gasteiger partial charge in [0, 0.05) is 18.2 Å². The highest BCUT2D eigenvalue weighted by molar-refractivity contribution is 7.92. The summed E-state index contributed by atoms with van der Waals surface area (Å²) in [6.07, 6.45) is 1.72. The van der Waals surface area contributed by atoms with Crippen molar-refractivity contribution < 1.29 is 22.4 Å². The highest BCUT2D eigenvalue weighted by Gasteiger charge is 2.30. The summed E-state index contributed by atoms with van der Waals surface area (Å²) >= 11 is 0. The Labute approximate surface area is 195 Å². The number of aryl methyl sites for hydroxylation is 1. The van der Waals surface area contributed by atoms with Crippen molar-refractivity contribution in [3.63, 3.8) is 0 Å². The minimum Gasteiger partial charge on any atom is -0.352 e. The summed E-state index contributed by atoms with van der Waals surface area (Å²) in [7, 11) is -3.80. The number of benzene rings is 2. The van der Waals surface area contributed by atoms with Crippen LogP contribution in [0.3, 0.4) is 0 Å². The van der Waals surface area contributed by atoms with Crippen LogP contribution in [0, 0.1) is 12.7 Å². The molecule has 0 fully saturated rings. The van der Waals surface area contributed by atoms with Crippen molar-refractivity contribution in [1.29, 1.82) is 0 Å². The third kappa shape index (κ3) is 7.28. The predicted molar refractivity (Wildman–Crippen MR) is 128 cm³/mol. The molecule has 0 heterocycles. The van der Waals surface area contributed by atoms with E-state index in [1.807, 2.05) is 20.8 Å². The number of anilines is 1. The van der Waals surface area contributed by atoms with Gasteiger partial charge in [-0.2, -0.15) is 0 Å². The molecule has 2 rings (SSSR count). The molecule has 0 saturated carbocycles. The van der Waals surface area contributed by atoms with Crippen LogP contribution in [-0.4, -0.2) is 50.0 Å². The Hall–Kier alpha value is -2.94. The van der Waals surface area contributed by atoms with E-state index in [1.165, 1.54) is 23.1 Å². The van der Waals surface area contributed by atoms with Crippen LogP contribution in [0.4, 0.5) is 10.1 Å². The van der Waals surface area contributed by atoms with E-state index in [4.69, 9.17) is 0 Å². The molecular weight excluding hydrogens is 445 g/mol. The fourth-order valence-electron chi connectivity index (χ4n) is 3.18. The number of nitrogens with one attached hydrogen (secondary N) is 1. The Bertz CT molecular complexity index is 1070. The van der Waals surface area contributed by atoms with Crippen LogP contribution in [0.1, 0.15) is 38.3 Å². The first-order valence-corrected chi connectivity index (χ1v) is 12.7. The highest BCUT2D eigenvalue weighted by atomic mass is 32.2. The van der Waals surface area contributed by atoms with Gasteiger partial charge in [-0.3, -0.25) is 13.9 Å². The van der Waals surface area contributed by atoms with Gasteiger partial charge in [0.05, 0.1) is 11.9 Å². The van der Waals surface area contributed by atoms with E-state index < -0.39 is 40.2 Å². The lowest BCUT2D eigenvalue weighted by Crippen LogP contribution is -2.52. The third-order valence-electron chi connectivity index (χ3n) is 5.47. The van der Waals surface area contributed by atoms with Crippen molar-refractivity contribution in [2.45, 2.75) is 52.7 Å². The number of nitrogens with zero attached hydrogens (tertiary/aromatic N) is 2. The molecule has 1 N–H and O–H groups in total. The quantitative estimate of drug-likeness (QED) is 0.569. The Morgan fingerprint density at radius 1 is 1.06 bits per heavy atom. The first kappa shape index (κ1) is 26.3. The fourth-order valence-corrected chi connectivity index (χ4v) is 4.03. The molecule has 0 aromatic heterocycles. The highest BCUT2D eigenvalue weighted by Crippen LogP contribution is 2.20. The van der Waals surface area contributed by atoms with Crippen LogP contribution in [0.2, 0.25) is 0 Å². The van der Waals surface area contributed by atoms with Gasteiger partial charge in [-0.1, -0.05) is 42.8 Å². The van der Waals surface area contributed by atoms with Crippen LogP contribution in [0.25, 0.3) is 0 Å². The molecule has 2 amide bonds. The minimum absolute atomic E-state index is 0.106. The summed E-state index contributed by atoms with van der Waals surface area (Å²) in [6.45, 7) is 6.49. The molecule has 180 valence electrons. The van der Waals surface area contributed by atoms with E-state index in [1.54, 1.807) is 37.3 Å². The molecule has 0 aliphatic carbocycles. The third-order valence-corrected chi connectivity index (χ3v) is 6.61. The number of halogens is 1. The molecule has 2 aromatic carbocycles. The Kier molecular flexibility index (Phi) is 8.99. The lowest BCUT2D eigenvalue weighted by atomic mass is 10.1. The molecule has 0 spiro atoms. The smallest absolute Gasteiger partial charge is 0.244 e. The van der Waals surface area contributed by atoms with E-state index in [0.29, 0.717) is 12.1 Å². The standard InChI is InChI=1S/C24H32FN3O4S/c1-6-18(3)26-24(30)19(4)27(15-20-9-7-8-10-22(20)25)23(29)16-28(33(5,31)32)21-13-11-17(2)12-14-21/h7-14,18-19H,6,15-16H2,1-5H3,(H,26,30)/t18-,19+/m1/s1. The van der Waals surface area contributed by atoms with Gasteiger partial charge < -0.3 is 10.2 Å². The molecule has 0 aliphatic heterocycles. The maximum atomic E-state index is 14.4. The van der Waals surface area contributed by atoms with Crippen molar-refractivity contribution in [2.24, 2.45) is 0 Å². The van der Waals surface area contributed by atoms with Crippen LogP contribution in [0.5, 0.6) is 0 Å². The minimum atomic E-state index is -3.80. The number of carbonyl (C=O) groups excluding carboxylic acids is 2. The fraction of sp³-hybridized carbons (Fsp3) is 0.417. The van der Waals surface area contributed by atoms with Crippen molar-refractivity contribution in [3.8, 4) is 0 Å². The average molecular weight is 478 g/mol. The molecular formula is C24H32FN3O4S. The van der Waals surface area contributed by atoms with Gasteiger partial charge >= 0.3 is 0 Å². The first-order valence-electron chi connectivity index (χ1n) is 10.8. The number of hydrogen-bond acceptors (Lipinski definition) is 4. The Morgan fingerprint density at radius 2 is 1.67 bits per heavy atom. The van der Waals surface area contributed by atoms with Gasteiger partial charge in [0.2, 0.25) is 21.8 Å². The van der Waals surface area contributed by atoms with Gasteiger partial charge in [0.1, 0.15) is 18.4 Å². The number of hydrogen-bond donors (Lipinski definition) is 1. The zero-order chi connectivity index (χ0) is 24.8. The van der Waals surface area contributed by atoms with Crippen LogP contribution >= 0.6 is 0 Å². The monoisotopic (exact) mass is 477 g/mol. The molecule has 33 heavy (non-hydrogen) atoms. The van der Waals surface area contributed by atoms with Crippen molar-refractivity contribution >= 4 is 27.5 Å². The topological polar surface area (TPSA) is 86.8 Å². The first-order chi connectivity index (χ1) is 15.4. The van der Waals surface area contributed by atoms with E-state index in [-0.39, 0.29) is 18.2 Å². The summed E-state index contributed by atoms with van der Waals surface area (Å²) in [5.74, 6) is -1.52. The molecule has 0 saturated heterocycles. The summed E-state index contributed by atoms with van der Waals surface area (Å²) in [6, 6.07) is 11.7. The molecule has 0 bridgehead atoms. The number of rotatable bonds is 10. The maximum Gasteiger partial charge on any atom is 0.244 e. The largest absolute Gasteiger partial charge is 0.352 e. The molecule has 0 unspecified atom stereocenters. The van der Waals surface area contributed by atoms with Crippen LogP contribution < -0.4 is 9.62 Å². The van der Waals surface area contributed by atoms with E-state index in [9.17, 15) is 22.4 Å². The second kappa shape index (κ2) is 11.3. The molecule has 2 aromatic rings. The Morgan fingerprint density at radius 3 is 2.21 bits per heavy atom. The van der Waals surface area contributed by atoms with Crippen molar-refractivity contribution in [2.75, 3.05) is 17.1 Å². The van der Waals surface area contributed by atoms with Gasteiger partial charge in [-0.05, 0) is 45.4 Å². The zero-order valence-electron chi connectivity index (χ0n) is 19.7. The van der Waals surface area contributed by atoms with E-state index in [2.05, 4.69) is 5.32 Å². The second-order valence-electron chi connectivity index (χ2n) is 8.21. The average Bonchev–Trinajstić information content (AvgIpc) is 2.76. The van der Waals surface area contributed by atoms with Gasteiger partial charge in [-0.15, -0.1) is 0 Å². The van der Waals surface area contributed by atoms with Crippen molar-refractivity contribution in [1.82, 2.24) is 10.2 Å². The lowest BCUT2D eigenvalue weighted by molar-refractivity contribution is -0.139. The van der Waals surface area contributed by atoms with Gasteiger partial charge in [0.15, 0.2) is 0 Å².